The molecule has 154 valence electrons. The Morgan fingerprint density at radius 1 is 1.23 bits per heavy atom. The second kappa shape index (κ2) is 8.28. The Hall–Kier alpha value is -3.81. The lowest BCUT2D eigenvalue weighted by molar-refractivity contribution is -0.140. The van der Waals surface area contributed by atoms with Gasteiger partial charge >= 0.3 is 0 Å². The van der Waals surface area contributed by atoms with Crippen molar-refractivity contribution in [2.24, 2.45) is 0 Å². The molecule has 1 aromatic carbocycles. The van der Waals surface area contributed by atoms with Crippen LogP contribution in [0.1, 0.15) is 23.8 Å². The molecule has 30 heavy (non-hydrogen) atoms. The van der Waals surface area contributed by atoms with Gasteiger partial charge in [-0.25, -0.2) is 4.98 Å². The predicted molar refractivity (Wildman–Crippen MR) is 108 cm³/mol. The summed E-state index contributed by atoms with van der Waals surface area (Å²) in [5.74, 6) is -0.707. The number of furan rings is 1. The third kappa shape index (κ3) is 3.59. The maximum absolute atomic E-state index is 12.9. The van der Waals surface area contributed by atoms with Crippen molar-refractivity contribution in [3.63, 3.8) is 0 Å². The number of aromatic nitrogens is 2. The number of rotatable bonds is 7. The van der Waals surface area contributed by atoms with Crippen LogP contribution >= 0.6 is 0 Å². The number of ether oxygens (including phenoxy) is 1. The van der Waals surface area contributed by atoms with Gasteiger partial charge in [-0.2, -0.15) is 0 Å². The fraction of sp³-hybridized carbons (Fsp3) is 0.227. The third-order valence-electron chi connectivity index (χ3n) is 5.07. The van der Waals surface area contributed by atoms with Crippen molar-refractivity contribution in [1.29, 1.82) is 0 Å². The van der Waals surface area contributed by atoms with Crippen molar-refractivity contribution < 1.29 is 23.8 Å². The number of amides is 1. The van der Waals surface area contributed by atoms with E-state index in [2.05, 4.69) is 4.98 Å². The highest BCUT2D eigenvalue weighted by atomic mass is 16.5. The predicted octanol–water partition coefficient (Wildman–Crippen LogP) is 3.00. The van der Waals surface area contributed by atoms with Crippen LogP contribution in [0.25, 0.3) is 5.76 Å². The molecule has 1 aliphatic rings. The van der Waals surface area contributed by atoms with E-state index < -0.39 is 17.7 Å². The summed E-state index contributed by atoms with van der Waals surface area (Å²) in [5, 5.41) is 11.0. The fourth-order valence-corrected chi connectivity index (χ4v) is 3.62. The van der Waals surface area contributed by atoms with Crippen LogP contribution in [0.2, 0.25) is 0 Å². The summed E-state index contributed by atoms with van der Waals surface area (Å²) >= 11 is 0. The van der Waals surface area contributed by atoms with Crippen molar-refractivity contribution in [3.05, 3.63) is 78.3 Å². The first-order chi connectivity index (χ1) is 14.6. The van der Waals surface area contributed by atoms with Gasteiger partial charge in [0.2, 0.25) is 0 Å². The van der Waals surface area contributed by atoms with Gasteiger partial charge in [0.25, 0.3) is 11.7 Å². The van der Waals surface area contributed by atoms with Crippen molar-refractivity contribution >= 4 is 17.4 Å². The molecule has 1 amide bonds. The molecule has 2 aromatic heterocycles. The van der Waals surface area contributed by atoms with Crippen molar-refractivity contribution in [2.75, 3.05) is 13.7 Å². The van der Waals surface area contributed by atoms with Gasteiger partial charge in [0, 0.05) is 31.0 Å². The number of nitrogens with zero attached hydrogens (tertiary/aromatic N) is 3. The molecule has 1 atom stereocenters. The third-order valence-corrected chi connectivity index (χ3v) is 5.07. The number of Topliss-reactive ketones (excluding diaryl/α,β-unsaturated/α-hetero) is 1. The number of aryl methyl sites for hydroxylation is 1. The molecule has 0 aliphatic carbocycles. The minimum Gasteiger partial charge on any atom is -0.507 e. The van der Waals surface area contributed by atoms with Crippen LogP contribution in [0.4, 0.5) is 0 Å². The first kappa shape index (κ1) is 19.5. The van der Waals surface area contributed by atoms with Gasteiger partial charge in [-0.15, -0.1) is 0 Å². The molecule has 1 saturated heterocycles. The van der Waals surface area contributed by atoms with Gasteiger partial charge in [0.15, 0.2) is 0 Å². The highest BCUT2D eigenvalue weighted by molar-refractivity contribution is 6.46. The number of carbonyl (C=O) groups is 2. The highest BCUT2D eigenvalue weighted by Gasteiger charge is 2.47. The van der Waals surface area contributed by atoms with Gasteiger partial charge < -0.3 is 23.7 Å². The number of imidazole rings is 1. The van der Waals surface area contributed by atoms with Crippen LogP contribution in [0, 0.1) is 0 Å². The average molecular weight is 407 g/mol. The van der Waals surface area contributed by atoms with Gasteiger partial charge in [0.1, 0.15) is 23.3 Å². The minimum atomic E-state index is -0.797. The maximum atomic E-state index is 12.9. The van der Waals surface area contributed by atoms with E-state index >= 15 is 0 Å². The molecule has 3 heterocycles. The molecule has 8 heteroatoms. The number of hydrogen-bond donors (Lipinski definition) is 1. The summed E-state index contributed by atoms with van der Waals surface area (Å²) in [7, 11) is 1.52. The maximum Gasteiger partial charge on any atom is 0.295 e. The van der Waals surface area contributed by atoms with Crippen molar-refractivity contribution in [3.8, 4) is 5.75 Å². The molecule has 1 N–H and O–H groups in total. The van der Waals surface area contributed by atoms with Crippen LogP contribution < -0.4 is 4.74 Å². The minimum absolute atomic E-state index is 0.00540. The van der Waals surface area contributed by atoms with E-state index in [4.69, 9.17) is 9.15 Å². The normalized spacial score (nSPS) is 18.2. The van der Waals surface area contributed by atoms with E-state index in [1.807, 2.05) is 10.8 Å². The van der Waals surface area contributed by atoms with Crippen LogP contribution in [0.5, 0.6) is 5.75 Å². The molecule has 1 fully saturated rings. The Labute approximate surface area is 173 Å². The van der Waals surface area contributed by atoms with E-state index in [1.165, 1.54) is 18.3 Å². The Morgan fingerprint density at radius 3 is 2.80 bits per heavy atom. The van der Waals surface area contributed by atoms with E-state index in [0.717, 1.165) is 0 Å². The zero-order valence-corrected chi connectivity index (χ0v) is 16.4. The molecule has 0 bridgehead atoms. The largest absolute Gasteiger partial charge is 0.507 e. The SMILES string of the molecule is COc1cccc(/C(O)=C2\C(=O)C(=O)N(CCCn3ccnc3)C2c2ccco2)c1. The Morgan fingerprint density at radius 2 is 2.10 bits per heavy atom. The first-order valence-corrected chi connectivity index (χ1v) is 9.52. The first-order valence-electron chi connectivity index (χ1n) is 9.52. The summed E-state index contributed by atoms with van der Waals surface area (Å²) in [5.41, 5.74) is 0.396. The lowest BCUT2D eigenvalue weighted by Crippen LogP contribution is -2.31. The molecule has 3 aromatic rings. The zero-order chi connectivity index (χ0) is 21.1. The Balaban J connectivity index is 1.69. The van der Waals surface area contributed by atoms with E-state index in [0.29, 0.717) is 36.6 Å². The number of aliphatic hydroxyl groups is 1. The van der Waals surface area contributed by atoms with Crippen LogP contribution in [0.3, 0.4) is 0 Å². The van der Waals surface area contributed by atoms with Crippen molar-refractivity contribution in [2.45, 2.75) is 19.0 Å². The molecule has 1 unspecified atom stereocenters. The molecule has 8 nitrogen and oxygen atoms in total. The van der Waals surface area contributed by atoms with Gasteiger partial charge in [0.05, 0.1) is 25.3 Å². The number of aliphatic hydroxyl groups excluding tert-OH is 1. The molecular formula is C22H21N3O5. The summed E-state index contributed by atoms with van der Waals surface area (Å²) < 4.78 is 12.6. The quantitative estimate of drug-likeness (QED) is 0.367. The number of ketones is 1. The van der Waals surface area contributed by atoms with Crippen LogP contribution in [-0.2, 0) is 16.1 Å². The molecule has 0 saturated carbocycles. The highest BCUT2D eigenvalue weighted by Crippen LogP contribution is 2.39. The number of likely N-dealkylation sites (tertiary alicyclic amines) is 1. The summed E-state index contributed by atoms with van der Waals surface area (Å²) in [6.45, 7) is 0.965. The standard InChI is InChI=1S/C22H21N3O5/c1-29-16-6-2-5-15(13-16)20(26)18-19(17-7-3-12-30-17)25(22(28)21(18)27)10-4-9-24-11-8-23-14-24/h2-3,5-8,11-14,19,26H,4,9-10H2,1H3/b20-18+. The average Bonchev–Trinajstić information content (AvgIpc) is 3.52. The number of benzene rings is 1. The molecule has 4 rings (SSSR count). The van der Waals surface area contributed by atoms with E-state index in [9.17, 15) is 14.7 Å². The number of methoxy groups -OCH3 is 1. The molecule has 0 spiro atoms. The fourth-order valence-electron chi connectivity index (χ4n) is 3.62. The second-order valence-electron chi connectivity index (χ2n) is 6.89. The number of carbonyl (C=O) groups excluding carboxylic acids is 2. The topological polar surface area (TPSA) is 97.8 Å². The summed E-state index contributed by atoms with van der Waals surface area (Å²) in [4.78, 5) is 31.2. The van der Waals surface area contributed by atoms with Gasteiger partial charge in [-0.05, 0) is 30.7 Å². The molecular weight excluding hydrogens is 386 g/mol. The Bertz CT molecular complexity index is 1070. The number of hydrogen-bond acceptors (Lipinski definition) is 6. The summed E-state index contributed by atoms with van der Waals surface area (Å²) in [6.07, 6.45) is 7.30. The van der Waals surface area contributed by atoms with Gasteiger partial charge in [-0.3, -0.25) is 9.59 Å². The molecule has 0 radical (unpaired) electrons. The monoisotopic (exact) mass is 407 g/mol. The lowest BCUT2D eigenvalue weighted by Gasteiger charge is -2.23. The lowest BCUT2D eigenvalue weighted by atomic mass is 9.99. The zero-order valence-electron chi connectivity index (χ0n) is 16.4. The second-order valence-corrected chi connectivity index (χ2v) is 6.89. The van der Waals surface area contributed by atoms with E-state index in [-0.39, 0.29) is 11.3 Å². The summed E-state index contributed by atoms with van der Waals surface area (Å²) in [6, 6.07) is 9.29. The van der Waals surface area contributed by atoms with Gasteiger partial charge in [-0.1, -0.05) is 12.1 Å². The molecule has 1 aliphatic heterocycles. The van der Waals surface area contributed by atoms with E-state index in [1.54, 1.807) is 48.9 Å². The Kier molecular flexibility index (Phi) is 5.38. The van der Waals surface area contributed by atoms with Crippen LogP contribution in [-0.4, -0.2) is 44.9 Å². The smallest absolute Gasteiger partial charge is 0.295 e. The van der Waals surface area contributed by atoms with Crippen LogP contribution in [0.15, 0.2) is 71.4 Å². The van der Waals surface area contributed by atoms with Crippen molar-refractivity contribution in [1.82, 2.24) is 14.5 Å².